The minimum Gasteiger partial charge on any atom is -0.450 e. The fourth-order valence-electron chi connectivity index (χ4n) is 1.92. The van der Waals surface area contributed by atoms with Gasteiger partial charge in [0, 0.05) is 13.1 Å². The van der Waals surface area contributed by atoms with E-state index in [4.69, 9.17) is 10.5 Å². The van der Waals surface area contributed by atoms with Crippen LogP contribution in [0.1, 0.15) is 19.8 Å². The molecule has 1 amide bonds. The highest BCUT2D eigenvalue weighted by Gasteiger charge is 2.52. The summed E-state index contributed by atoms with van der Waals surface area (Å²) in [6.45, 7) is 3.61. The molecule has 0 atom stereocenters. The predicted molar refractivity (Wildman–Crippen MR) is 48.2 cm³/mol. The molecule has 2 fully saturated rings. The number of amides is 1. The lowest BCUT2D eigenvalue weighted by Crippen LogP contribution is -2.69. The van der Waals surface area contributed by atoms with Gasteiger partial charge in [0.15, 0.2) is 0 Å². The van der Waals surface area contributed by atoms with Crippen molar-refractivity contribution in [1.82, 2.24) is 4.90 Å². The number of ether oxygens (including phenoxy) is 1. The third-order valence-corrected chi connectivity index (χ3v) is 2.89. The smallest absolute Gasteiger partial charge is 0.409 e. The average Bonchev–Trinajstić information content (AvgIpc) is 2.81. The highest BCUT2D eigenvalue weighted by molar-refractivity contribution is 5.69. The van der Waals surface area contributed by atoms with Crippen LogP contribution in [0.4, 0.5) is 4.79 Å². The third-order valence-electron chi connectivity index (χ3n) is 2.89. The zero-order valence-electron chi connectivity index (χ0n) is 7.95. The molecular formula is C9H16N2O2. The van der Waals surface area contributed by atoms with Crippen molar-refractivity contribution in [3.63, 3.8) is 0 Å². The van der Waals surface area contributed by atoms with Crippen molar-refractivity contribution in [2.24, 2.45) is 11.7 Å². The van der Waals surface area contributed by atoms with E-state index in [1.165, 1.54) is 12.8 Å². The summed E-state index contributed by atoms with van der Waals surface area (Å²) in [6.07, 6.45) is 2.24. The predicted octanol–water partition coefficient (Wildman–Crippen LogP) is 0.566. The van der Waals surface area contributed by atoms with Crippen LogP contribution in [0, 0.1) is 5.92 Å². The van der Waals surface area contributed by atoms with Gasteiger partial charge < -0.3 is 15.4 Å². The van der Waals surface area contributed by atoms with Crippen molar-refractivity contribution < 1.29 is 9.53 Å². The summed E-state index contributed by atoms with van der Waals surface area (Å²) in [4.78, 5) is 12.9. The number of nitrogens with two attached hydrogens (primary N) is 1. The first-order valence-electron chi connectivity index (χ1n) is 4.86. The molecule has 4 heteroatoms. The van der Waals surface area contributed by atoms with Gasteiger partial charge in [0.05, 0.1) is 12.1 Å². The maximum Gasteiger partial charge on any atom is 0.409 e. The molecule has 2 N–H and O–H groups in total. The van der Waals surface area contributed by atoms with Gasteiger partial charge in [0.1, 0.15) is 0 Å². The fourth-order valence-corrected chi connectivity index (χ4v) is 1.92. The molecule has 0 radical (unpaired) electrons. The molecule has 0 bridgehead atoms. The summed E-state index contributed by atoms with van der Waals surface area (Å²) in [7, 11) is 0. The van der Waals surface area contributed by atoms with E-state index in [-0.39, 0.29) is 11.6 Å². The Kier molecular flexibility index (Phi) is 1.95. The Morgan fingerprint density at radius 3 is 2.69 bits per heavy atom. The normalized spacial score (nSPS) is 25.2. The Hall–Kier alpha value is -0.770. The van der Waals surface area contributed by atoms with Crippen molar-refractivity contribution in [3.8, 4) is 0 Å². The zero-order valence-corrected chi connectivity index (χ0v) is 7.95. The third kappa shape index (κ3) is 1.50. The fraction of sp³-hybridized carbons (Fsp3) is 0.889. The number of hydrogen-bond donors (Lipinski definition) is 1. The van der Waals surface area contributed by atoms with Gasteiger partial charge in [-0.15, -0.1) is 0 Å². The minimum absolute atomic E-state index is 0.0905. The zero-order chi connectivity index (χ0) is 9.47. The molecule has 1 aliphatic carbocycles. The molecule has 13 heavy (non-hydrogen) atoms. The number of likely N-dealkylation sites (tertiary alicyclic amines) is 1. The van der Waals surface area contributed by atoms with Crippen LogP contribution in [0.2, 0.25) is 0 Å². The van der Waals surface area contributed by atoms with Crippen LogP contribution in [0.5, 0.6) is 0 Å². The van der Waals surface area contributed by atoms with Crippen LogP contribution in [-0.4, -0.2) is 36.2 Å². The van der Waals surface area contributed by atoms with E-state index >= 15 is 0 Å². The van der Waals surface area contributed by atoms with Gasteiger partial charge in [0.2, 0.25) is 0 Å². The van der Waals surface area contributed by atoms with Crippen LogP contribution < -0.4 is 5.73 Å². The molecule has 1 heterocycles. The van der Waals surface area contributed by atoms with E-state index in [1.54, 1.807) is 4.90 Å². The van der Waals surface area contributed by atoms with Gasteiger partial charge in [-0.3, -0.25) is 0 Å². The minimum atomic E-state index is -0.218. The highest BCUT2D eigenvalue weighted by Crippen LogP contribution is 2.42. The lowest BCUT2D eigenvalue weighted by Gasteiger charge is -2.47. The van der Waals surface area contributed by atoms with Crippen molar-refractivity contribution in [3.05, 3.63) is 0 Å². The molecule has 0 aromatic rings. The van der Waals surface area contributed by atoms with Gasteiger partial charge in [-0.05, 0) is 25.7 Å². The summed E-state index contributed by atoms with van der Waals surface area (Å²) >= 11 is 0. The first-order valence-corrected chi connectivity index (χ1v) is 4.86. The van der Waals surface area contributed by atoms with Crippen molar-refractivity contribution in [2.45, 2.75) is 25.3 Å². The molecule has 1 saturated heterocycles. The molecule has 1 aliphatic heterocycles. The SMILES string of the molecule is CCOC(=O)N1CC(N)(C2CC2)C1. The second kappa shape index (κ2) is 2.87. The maximum absolute atomic E-state index is 11.2. The second-order valence-electron chi connectivity index (χ2n) is 4.06. The number of nitrogens with zero attached hydrogens (tertiary/aromatic N) is 1. The maximum atomic E-state index is 11.2. The first-order chi connectivity index (χ1) is 6.15. The summed E-state index contributed by atoms with van der Waals surface area (Å²) in [6, 6.07) is 0. The average molecular weight is 184 g/mol. The van der Waals surface area contributed by atoms with Crippen LogP contribution in [0.15, 0.2) is 0 Å². The first kappa shape index (κ1) is 8.81. The van der Waals surface area contributed by atoms with Crippen LogP contribution in [-0.2, 0) is 4.74 Å². The Morgan fingerprint density at radius 2 is 2.23 bits per heavy atom. The number of carbonyl (C=O) groups excluding carboxylic acids is 1. The lowest BCUT2D eigenvalue weighted by atomic mass is 9.86. The molecule has 1 saturated carbocycles. The molecule has 74 valence electrons. The van der Waals surface area contributed by atoms with E-state index in [9.17, 15) is 4.79 Å². The van der Waals surface area contributed by atoms with Gasteiger partial charge in [-0.2, -0.15) is 0 Å². The van der Waals surface area contributed by atoms with Gasteiger partial charge >= 0.3 is 6.09 Å². The summed E-state index contributed by atoms with van der Waals surface area (Å²) in [5.41, 5.74) is 5.99. The summed E-state index contributed by atoms with van der Waals surface area (Å²) in [5.74, 6) is 0.651. The monoisotopic (exact) mass is 184 g/mol. The second-order valence-corrected chi connectivity index (χ2v) is 4.06. The molecule has 0 aromatic heterocycles. The number of hydrogen-bond acceptors (Lipinski definition) is 3. The molecule has 4 nitrogen and oxygen atoms in total. The Labute approximate surface area is 78.0 Å². The topological polar surface area (TPSA) is 55.6 Å². The Balaban J connectivity index is 1.79. The molecule has 0 aromatic carbocycles. The van der Waals surface area contributed by atoms with E-state index in [0.717, 1.165) is 0 Å². The van der Waals surface area contributed by atoms with Crippen molar-refractivity contribution in [2.75, 3.05) is 19.7 Å². The van der Waals surface area contributed by atoms with Gasteiger partial charge in [-0.25, -0.2) is 4.79 Å². The van der Waals surface area contributed by atoms with E-state index in [1.807, 2.05) is 6.92 Å². The van der Waals surface area contributed by atoms with Crippen molar-refractivity contribution in [1.29, 1.82) is 0 Å². The highest BCUT2D eigenvalue weighted by atomic mass is 16.6. The largest absolute Gasteiger partial charge is 0.450 e. The van der Waals surface area contributed by atoms with Gasteiger partial charge in [-0.1, -0.05) is 0 Å². The Morgan fingerprint density at radius 1 is 1.62 bits per heavy atom. The van der Waals surface area contributed by atoms with E-state index in [2.05, 4.69) is 0 Å². The van der Waals surface area contributed by atoms with Gasteiger partial charge in [0.25, 0.3) is 0 Å². The number of rotatable bonds is 2. The van der Waals surface area contributed by atoms with Crippen LogP contribution >= 0.6 is 0 Å². The quantitative estimate of drug-likeness (QED) is 0.682. The number of carbonyl (C=O) groups is 1. The molecule has 2 rings (SSSR count). The van der Waals surface area contributed by atoms with Crippen LogP contribution in [0.25, 0.3) is 0 Å². The molecule has 0 unspecified atom stereocenters. The lowest BCUT2D eigenvalue weighted by molar-refractivity contribution is 0.0341. The summed E-state index contributed by atoms with van der Waals surface area (Å²) in [5, 5.41) is 0. The molecule has 0 spiro atoms. The summed E-state index contributed by atoms with van der Waals surface area (Å²) < 4.78 is 4.87. The van der Waals surface area contributed by atoms with E-state index in [0.29, 0.717) is 25.6 Å². The van der Waals surface area contributed by atoms with Crippen molar-refractivity contribution >= 4 is 6.09 Å². The standard InChI is InChI=1S/C9H16N2O2/c1-2-13-8(12)11-5-9(10,6-11)7-3-4-7/h7H,2-6,10H2,1H3. The molecular weight excluding hydrogens is 168 g/mol. The Bertz CT molecular complexity index is 220. The molecule has 2 aliphatic rings. The van der Waals surface area contributed by atoms with Crippen LogP contribution in [0.3, 0.4) is 0 Å². The van der Waals surface area contributed by atoms with E-state index < -0.39 is 0 Å².